The largest absolute Gasteiger partial charge is 0.270 e. The van der Waals surface area contributed by atoms with Crippen LogP contribution in [0.3, 0.4) is 0 Å². The van der Waals surface area contributed by atoms with Gasteiger partial charge in [-0.05, 0) is 60.2 Å². The fourth-order valence-electron chi connectivity index (χ4n) is 1.90. The molecule has 0 saturated heterocycles. The number of aromatic nitrogens is 3. The van der Waals surface area contributed by atoms with Crippen LogP contribution in [0.4, 0.5) is 0 Å². The lowest BCUT2D eigenvalue weighted by Crippen LogP contribution is -2.32. The van der Waals surface area contributed by atoms with Crippen molar-refractivity contribution in [2.45, 2.75) is 25.9 Å². The van der Waals surface area contributed by atoms with Gasteiger partial charge in [-0.1, -0.05) is 15.9 Å². The van der Waals surface area contributed by atoms with Gasteiger partial charge in [-0.2, -0.15) is 5.10 Å². The molecule has 0 aliphatic carbocycles. The lowest BCUT2D eigenvalue weighted by molar-refractivity contribution is 0.468. The summed E-state index contributed by atoms with van der Waals surface area (Å²) in [5, 5.41) is 4.25. The minimum atomic E-state index is -0.200. The predicted octanol–water partition coefficient (Wildman–Crippen LogP) is 2.78. The van der Waals surface area contributed by atoms with E-state index >= 15 is 0 Å². The van der Waals surface area contributed by atoms with Crippen LogP contribution in [0.5, 0.6) is 0 Å². The zero-order valence-corrected chi connectivity index (χ0v) is 14.4. The average molecular weight is 436 g/mol. The van der Waals surface area contributed by atoms with E-state index in [4.69, 9.17) is 5.84 Å². The van der Waals surface area contributed by atoms with Gasteiger partial charge in [0.25, 0.3) is 0 Å². The van der Waals surface area contributed by atoms with Crippen molar-refractivity contribution in [1.29, 1.82) is 0 Å². The van der Waals surface area contributed by atoms with Crippen molar-refractivity contribution < 1.29 is 0 Å². The zero-order valence-electron chi connectivity index (χ0n) is 10.6. The third-order valence-electron chi connectivity index (χ3n) is 2.78. The Morgan fingerprint density at radius 1 is 1.42 bits per heavy atom. The van der Waals surface area contributed by atoms with E-state index in [0.29, 0.717) is 0 Å². The van der Waals surface area contributed by atoms with Crippen LogP contribution in [0, 0.1) is 3.57 Å². The number of nitrogens with zero attached hydrogens (tertiary/aromatic N) is 3. The molecule has 0 aliphatic heterocycles. The number of hydrazine groups is 1. The third kappa shape index (κ3) is 3.15. The number of halogens is 2. The van der Waals surface area contributed by atoms with Crippen LogP contribution in [0.15, 0.2) is 29.0 Å². The van der Waals surface area contributed by atoms with Crippen LogP contribution >= 0.6 is 38.5 Å². The second-order valence-corrected chi connectivity index (χ2v) is 6.52. The second kappa shape index (κ2) is 6.29. The van der Waals surface area contributed by atoms with Gasteiger partial charge in [0.2, 0.25) is 0 Å². The Hall–Kier alpha value is -0.510. The Morgan fingerprint density at radius 3 is 2.79 bits per heavy atom. The van der Waals surface area contributed by atoms with Crippen LogP contribution in [-0.4, -0.2) is 14.8 Å². The monoisotopic (exact) mass is 435 g/mol. The Kier molecular flexibility index (Phi) is 4.93. The van der Waals surface area contributed by atoms with E-state index in [2.05, 4.69) is 73.9 Å². The molecule has 0 saturated carbocycles. The van der Waals surface area contributed by atoms with E-state index in [1.807, 2.05) is 16.8 Å². The molecule has 2 rings (SSSR count). The smallest absolute Gasteiger partial charge is 0.150 e. The van der Waals surface area contributed by atoms with Crippen molar-refractivity contribution in [3.05, 3.63) is 44.0 Å². The SMILES string of the molecule is CC(C)n1ncnc1C(NN)c1cc(I)ccc1Br. The molecule has 1 aromatic heterocycles. The van der Waals surface area contributed by atoms with Crippen molar-refractivity contribution in [2.24, 2.45) is 5.84 Å². The highest BCUT2D eigenvalue weighted by molar-refractivity contribution is 14.1. The predicted molar refractivity (Wildman–Crippen MR) is 86.4 cm³/mol. The van der Waals surface area contributed by atoms with Gasteiger partial charge < -0.3 is 0 Å². The highest BCUT2D eigenvalue weighted by atomic mass is 127. The van der Waals surface area contributed by atoms with Crippen molar-refractivity contribution in [3.63, 3.8) is 0 Å². The summed E-state index contributed by atoms with van der Waals surface area (Å²) in [6.45, 7) is 4.13. The summed E-state index contributed by atoms with van der Waals surface area (Å²) < 4.78 is 4.01. The van der Waals surface area contributed by atoms with E-state index in [1.54, 1.807) is 6.33 Å². The highest BCUT2D eigenvalue weighted by Crippen LogP contribution is 2.29. The molecule has 1 heterocycles. The molecule has 1 aromatic carbocycles. The van der Waals surface area contributed by atoms with E-state index in [0.717, 1.165) is 19.4 Å². The Bertz CT molecular complexity index is 569. The molecule has 5 nitrogen and oxygen atoms in total. The Balaban J connectivity index is 2.50. The fraction of sp³-hybridized carbons (Fsp3) is 0.333. The minimum Gasteiger partial charge on any atom is -0.270 e. The average Bonchev–Trinajstić information content (AvgIpc) is 2.84. The maximum atomic E-state index is 5.73. The second-order valence-electron chi connectivity index (χ2n) is 4.42. The first-order valence-electron chi connectivity index (χ1n) is 5.85. The van der Waals surface area contributed by atoms with Gasteiger partial charge in [-0.3, -0.25) is 5.84 Å². The van der Waals surface area contributed by atoms with Gasteiger partial charge in [-0.15, -0.1) is 0 Å². The van der Waals surface area contributed by atoms with Crippen molar-refractivity contribution in [1.82, 2.24) is 20.2 Å². The van der Waals surface area contributed by atoms with Gasteiger partial charge in [0.05, 0.1) is 0 Å². The molecular weight excluding hydrogens is 421 g/mol. The number of hydrogen-bond acceptors (Lipinski definition) is 4. The van der Waals surface area contributed by atoms with Crippen LogP contribution in [0.25, 0.3) is 0 Å². The highest BCUT2D eigenvalue weighted by Gasteiger charge is 2.22. The van der Waals surface area contributed by atoms with E-state index in [1.165, 1.54) is 0 Å². The molecule has 0 amide bonds. The molecule has 0 spiro atoms. The van der Waals surface area contributed by atoms with Crippen molar-refractivity contribution in [2.75, 3.05) is 0 Å². The lowest BCUT2D eigenvalue weighted by Gasteiger charge is -2.19. The normalized spacial score (nSPS) is 12.9. The summed E-state index contributed by atoms with van der Waals surface area (Å²) in [5.41, 5.74) is 3.87. The summed E-state index contributed by atoms with van der Waals surface area (Å²) >= 11 is 5.84. The molecule has 102 valence electrons. The first-order valence-corrected chi connectivity index (χ1v) is 7.72. The van der Waals surface area contributed by atoms with Gasteiger partial charge in [-0.25, -0.2) is 15.1 Å². The molecule has 0 bridgehead atoms. The molecule has 1 unspecified atom stereocenters. The maximum absolute atomic E-state index is 5.73. The van der Waals surface area contributed by atoms with Gasteiger partial charge >= 0.3 is 0 Å². The lowest BCUT2D eigenvalue weighted by atomic mass is 10.1. The zero-order chi connectivity index (χ0) is 14.0. The van der Waals surface area contributed by atoms with E-state index < -0.39 is 0 Å². The number of nitrogens with one attached hydrogen (secondary N) is 1. The summed E-state index contributed by atoms with van der Waals surface area (Å²) in [7, 11) is 0. The molecule has 2 aromatic rings. The topological polar surface area (TPSA) is 68.8 Å². The molecule has 7 heteroatoms. The third-order valence-corrected chi connectivity index (χ3v) is 4.18. The molecule has 0 fully saturated rings. The molecular formula is C12H15BrIN5. The molecule has 0 aliphatic rings. The fourth-order valence-corrected chi connectivity index (χ4v) is 2.89. The first-order chi connectivity index (χ1) is 9.04. The summed E-state index contributed by atoms with van der Waals surface area (Å²) in [6.07, 6.45) is 1.56. The molecule has 19 heavy (non-hydrogen) atoms. The number of benzene rings is 1. The Labute approximate surface area is 134 Å². The molecule has 0 radical (unpaired) electrons. The summed E-state index contributed by atoms with van der Waals surface area (Å²) in [4.78, 5) is 4.34. The maximum Gasteiger partial charge on any atom is 0.150 e. The quantitative estimate of drug-likeness (QED) is 0.440. The van der Waals surface area contributed by atoms with Gasteiger partial charge in [0.15, 0.2) is 0 Å². The molecule has 1 atom stereocenters. The van der Waals surface area contributed by atoms with Gasteiger partial charge in [0.1, 0.15) is 18.2 Å². The van der Waals surface area contributed by atoms with Crippen LogP contribution in [0.1, 0.15) is 37.3 Å². The minimum absolute atomic E-state index is 0.200. The van der Waals surface area contributed by atoms with Crippen LogP contribution in [-0.2, 0) is 0 Å². The number of rotatable bonds is 4. The summed E-state index contributed by atoms with van der Waals surface area (Å²) in [6, 6.07) is 6.16. The van der Waals surface area contributed by atoms with Crippen molar-refractivity contribution >= 4 is 38.5 Å². The van der Waals surface area contributed by atoms with E-state index in [-0.39, 0.29) is 12.1 Å². The summed E-state index contributed by atoms with van der Waals surface area (Å²) in [5.74, 6) is 6.54. The van der Waals surface area contributed by atoms with Gasteiger partial charge in [0, 0.05) is 14.1 Å². The number of hydrogen-bond donors (Lipinski definition) is 2. The van der Waals surface area contributed by atoms with E-state index in [9.17, 15) is 0 Å². The standard InChI is InChI=1S/C12H15BrIN5/c1-7(2)19-12(16-6-17-19)11(18-15)9-5-8(14)3-4-10(9)13/h3-7,11,18H,15H2,1-2H3. The first kappa shape index (κ1) is 14.9. The van der Waals surface area contributed by atoms with Crippen LogP contribution < -0.4 is 11.3 Å². The molecule has 3 N–H and O–H groups in total. The number of nitrogens with two attached hydrogens (primary N) is 1. The Morgan fingerprint density at radius 2 is 2.16 bits per heavy atom. The van der Waals surface area contributed by atoms with Crippen molar-refractivity contribution in [3.8, 4) is 0 Å². The van der Waals surface area contributed by atoms with Crippen LogP contribution in [0.2, 0.25) is 0 Å².